The van der Waals surface area contributed by atoms with E-state index in [4.69, 9.17) is 9.47 Å². The largest absolute Gasteiger partial charge is 0.493 e. The lowest BCUT2D eigenvalue weighted by Crippen LogP contribution is -2.16. The quantitative estimate of drug-likeness (QED) is 0.301. The van der Waals surface area contributed by atoms with Gasteiger partial charge >= 0.3 is 0 Å². The molecule has 0 aliphatic carbocycles. The molecule has 21 heavy (non-hydrogen) atoms. The number of nitro benzene ring substituents is 1. The van der Waals surface area contributed by atoms with Crippen molar-refractivity contribution in [1.82, 2.24) is 5.32 Å². The van der Waals surface area contributed by atoms with Crippen LogP contribution in [0.3, 0.4) is 0 Å². The third-order valence-electron chi connectivity index (χ3n) is 2.94. The van der Waals surface area contributed by atoms with Crippen molar-refractivity contribution >= 4 is 18.3 Å². The Hall–Kier alpha value is -1.47. The van der Waals surface area contributed by atoms with Gasteiger partial charge in [-0.05, 0) is 38.1 Å². The Labute approximate surface area is 130 Å². The van der Waals surface area contributed by atoms with E-state index in [-0.39, 0.29) is 5.69 Å². The van der Waals surface area contributed by atoms with E-state index in [9.17, 15) is 10.1 Å². The first-order chi connectivity index (χ1) is 10.1. The molecule has 1 rings (SSSR count). The number of benzene rings is 1. The van der Waals surface area contributed by atoms with E-state index in [1.165, 1.54) is 13.2 Å². The number of methoxy groups -OCH3 is 1. The summed E-state index contributed by atoms with van der Waals surface area (Å²) in [5.74, 6) is 1.75. The van der Waals surface area contributed by atoms with Crippen LogP contribution in [0, 0.1) is 10.1 Å². The fourth-order valence-electron chi connectivity index (χ4n) is 1.92. The number of ether oxygens (including phenoxy) is 2. The van der Waals surface area contributed by atoms with Crippen LogP contribution in [0.5, 0.6) is 11.5 Å². The molecular formula is C14H22N2O4S. The fourth-order valence-corrected chi connectivity index (χ4v) is 2.14. The molecular weight excluding hydrogens is 292 g/mol. The Balaban J connectivity index is 2.87. The van der Waals surface area contributed by atoms with Crippen molar-refractivity contribution < 1.29 is 14.4 Å². The summed E-state index contributed by atoms with van der Waals surface area (Å²) in [7, 11) is 1.52. The molecule has 0 fully saturated rings. The Morgan fingerprint density at radius 2 is 2.10 bits per heavy atom. The molecule has 0 atom stereocenters. The molecule has 0 heterocycles. The van der Waals surface area contributed by atoms with Crippen LogP contribution in [0.4, 0.5) is 5.69 Å². The third kappa shape index (κ3) is 5.43. The normalized spacial score (nSPS) is 10.4. The smallest absolute Gasteiger partial charge is 0.277 e. The predicted octanol–water partition coefficient (Wildman–Crippen LogP) is 2.80. The fraction of sp³-hybridized carbons (Fsp3) is 0.571. The van der Waals surface area contributed by atoms with Crippen molar-refractivity contribution in [3.63, 3.8) is 0 Å². The number of nitro groups is 1. The Morgan fingerprint density at radius 3 is 2.67 bits per heavy atom. The monoisotopic (exact) mass is 314 g/mol. The summed E-state index contributed by atoms with van der Waals surface area (Å²) < 4.78 is 10.6. The van der Waals surface area contributed by atoms with E-state index >= 15 is 0 Å². The van der Waals surface area contributed by atoms with Crippen molar-refractivity contribution in [2.75, 3.05) is 26.0 Å². The maximum atomic E-state index is 11.2. The lowest BCUT2D eigenvalue weighted by molar-refractivity contribution is -0.385. The minimum atomic E-state index is -0.396. The number of nitrogens with zero attached hydrogens (tertiary/aromatic N) is 1. The first kappa shape index (κ1) is 17.6. The molecule has 0 spiro atoms. The number of thiol groups is 1. The molecule has 0 radical (unpaired) electrons. The first-order valence-corrected chi connectivity index (χ1v) is 7.57. The van der Waals surface area contributed by atoms with Crippen LogP contribution in [0.25, 0.3) is 0 Å². The summed E-state index contributed by atoms with van der Waals surface area (Å²) in [4.78, 5) is 10.8. The Bertz CT molecular complexity index is 469. The summed E-state index contributed by atoms with van der Waals surface area (Å²) in [6.45, 7) is 3.47. The van der Waals surface area contributed by atoms with Crippen molar-refractivity contribution in [2.24, 2.45) is 0 Å². The Kier molecular flexibility index (Phi) is 7.92. The molecule has 0 aliphatic rings. The SMILES string of the molecule is CCOc1cc([N+](=O)[O-])c(CNCCCCS)cc1OC. The van der Waals surface area contributed by atoms with Crippen LogP contribution in [0.2, 0.25) is 0 Å². The van der Waals surface area contributed by atoms with Crippen LogP contribution in [-0.4, -0.2) is 30.9 Å². The molecule has 1 N–H and O–H groups in total. The number of hydrogen-bond donors (Lipinski definition) is 2. The van der Waals surface area contributed by atoms with Gasteiger partial charge in [-0.15, -0.1) is 0 Å². The van der Waals surface area contributed by atoms with Gasteiger partial charge in [0.15, 0.2) is 11.5 Å². The third-order valence-corrected chi connectivity index (χ3v) is 3.25. The van der Waals surface area contributed by atoms with Gasteiger partial charge in [-0.2, -0.15) is 12.6 Å². The van der Waals surface area contributed by atoms with Crippen molar-refractivity contribution in [2.45, 2.75) is 26.3 Å². The van der Waals surface area contributed by atoms with E-state index < -0.39 is 4.92 Å². The molecule has 0 saturated heterocycles. The molecule has 0 aromatic heterocycles. The molecule has 1 aromatic rings. The van der Waals surface area contributed by atoms with Gasteiger partial charge in [-0.25, -0.2) is 0 Å². The van der Waals surface area contributed by atoms with E-state index in [1.54, 1.807) is 6.07 Å². The van der Waals surface area contributed by atoms with Crippen LogP contribution in [0.15, 0.2) is 12.1 Å². The van der Waals surface area contributed by atoms with Gasteiger partial charge in [-0.3, -0.25) is 10.1 Å². The first-order valence-electron chi connectivity index (χ1n) is 6.93. The number of rotatable bonds is 10. The molecule has 118 valence electrons. The summed E-state index contributed by atoms with van der Waals surface area (Å²) >= 11 is 4.15. The highest BCUT2D eigenvalue weighted by molar-refractivity contribution is 7.80. The van der Waals surface area contributed by atoms with Gasteiger partial charge < -0.3 is 14.8 Å². The molecule has 0 aliphatic heterocycles. The minimum Gasteiger partial charge on any atom is -0.493 e. The summed E-state index contributed by atoms with van der Waals surface area (Å²) in [6.07, 6.45) is 2.01. The molecule has 6 nitrogen and oxygen atoms in total. The standard InChI is InChI=1S/C14H22N2O4S/c1-3-20-14-9-12(16(17)18)11(8-13(14)19-2)10-15-6-4-5-7-21/h8-9,15,21H,3-7,10H2,1-2H3. The number of nitrogens with one attached hydrogen (secondary N) is 1. The summed E-state index contributed by atoms with van der Waals surface area (Å²) in [6, 6.07) is 3.09. The van der Waals surface area contributed by atoms with Crippen LogP contribution >= 0.6 is 12.6 Å². The van der Waals surface area contributed by atoms with Crippen molar-refractivity contribution in [3.05, 3.63) is 27.8 Å². The van der Waals surface area contributed by atoms with E-state index in [0.29, 0.717) is 30.2 Å². The zero-order valence-corrected chi connectivity index (χ0v) is 13.3. The van der Waals surface area contributed by atoms with Gasteiger partial charge in [0.1, 0.15) is 0 Å². The summed E-state index contributed by atoms with van der Waals surface area (Å²) in [5.41, 5.74) is 0.632. The zero-order valence-electron chi connectivity index (χ0n) is 12.4. The lowest BCUT2D eigenvalue weighted by Gasteiger charge is -2.12. The molecule has 0 unspecified atom stereocenters. The second-order valence-corrected chi connectivity index (χ2v) is 4.88. The van der Waals surface area contributed by atoms with Gasteiger partial charge in [0.25, 0.3) is 5.69 Å². The molecule has 0 amide bonds. The predicted molar refractivity (Wildman–Crippen MR) is 85.6 cm³/mol. The van der Waals surface area contributed by atoms with Gasteiger partial charge in [-0.1, -0.05) is 0 Å². The second kappa shape index (κ2) is 9.46. The number of hydrogen-bond acceptors (Lipinski definition) is 6. The van der Waals surface area contributed by atoms with Crippen molar-refractivity contribution in [1.29, 1.82) is 0 Å². The molecule has 0 bridgehead atoms. The number of unbranched alkanes of at least 4 members (excludes halogenated alkanes) is 1. The maximum absolute atomic E-state index is 11.2. The summed E-state index contributed by atoms with van der Waals surface area (Å²) in [5, 5.41) is 14.4. The van der Waals surface area contributed by atoms with Gasteiger partial charge in [0.2, 0.25) is 0 Å². The van der Waals surface area contributed by atoms with Gasteiger partial charge in [0.05, 0.1) is 24.7 Å². The topological polar surface area (TPSA) is 73.6 Å². The minimum absolute atomic E-state index is 0.0425. The Morgan fingerprint density at radius 1 is 1.33 bits per heavy atom. The average Bonchev–Trinajstić information content (AvgIpc) is 2.47. The van der Waals surface area contributed by atoms with Gasteiger partial charge in [0, 0.05) is 12.1 Å². The molecule has 1 aromatic carbocycles. The van der Waals surface area contributed by atoms with E-state index in [1.807, 2.05) is 6.92 Å². The molecule has 7 heteroatoms. The highest BCUT2D eigenvalue weighted by Gasteiger charge is 2.19. The van der Waals surface area contributed by atoms with Crippen LogP contribution in [0.1, 0.15) is 25.3 Å². The highest BCUT2D eigenvalue weighted by Crippen LogP contribution is 2.34. The maximum Gasteiger partial charge on any atom is 0.277 e. The van der Waals surface area contributed by atoms with Crippen molar-refractivity contribution in [3.8, 4) is 11.5 Å². The zero-order chi connectivity index (χ0) is 15.7. The van der Waals surface area contributed by atoms with Crippen LogP contribution < -0.4 is 14.8 Å². The highest BCUT2D eigenvalue weighted by atomic mass is 32.1. The average molecular weight is 314 g/mol. The van der Waals surface area contributed by atoms with E-state index in [0.717, 1.165) is 25.1 Å². The van der Waals surface area contributed by atoms with E-state index in [2.05, 4.69) is 17.9 Å². The second-order valence-electron chi connectivity index (χ2n) is 4.43. The lowest BCUT2D eigenvalue weighted by atomic mass is 10.1. The van der Waals surface area contributed by atoms with Crippen LogP contribution in [-0.2, 0) is 6.54 Å². The molecule has 0 saturated carbocycles.